The van der Waals surface area contributed by atoms with Crippen LogP contribution in [0.1, 0.15) is 12.5 Å². The van der Waals surface area contributed by atoms with E-state index in [9.17, 15) is 22.6 Å². The first-order valence-corrected chi connectivity index (χ1v) is 9.35. The van der Waals surface area contributed by atoms with Gasteiger partial charge >= 0.3 is 0 Å². The summed E-state index contributed by atoms with van der Waals surface area (Å²) in [5.74, 6) is -3.76. The zero-order chi connectivity index (χ0) is 19.1. The Balaban J connectivity index is 1.82. The molecule has 0 radical (unpaired) electrons. The van der Waals surface area contributed by atoms with E-state index in [0.717, 1.165) is 24.1 Å². The molecule has 0 fully saturated rings. The Kier molecular flexibility index (Phi) is 6.97. The number of halogens is 2. The third kappa shape index (κ3) is 6.03. The van der Waals surface area contributed by atoms with Crippen LogP contribution in [0.25, 0.3) is 0 Å². The van der Waals surface area contributed by atoms with Gasteiger partial charge in [-0.3, -0.25) is 13.8 Å². The van der Waals surface area contributed by atoms with Gasteiger partial charge in [-0.05, 0) is 36.2 Å². The molecule has 1 atom stereocenters. The predicted molar refractivity (Wildman–Crippen MR) is 97.3 cm³/mol. The highest BCUT2D eigenvalue weighted by atomic mass is 32.2. The van der Waals surface area contributed by atoms with Gasteiger partial charge in [0.25, 0.3) is 0 Å². The smallest absolute Gasteiger partial charge is 0.237 e. The van der Waals surface area contributed by atoms with Crippen LogP contribution in [0.3, 0.4) is 0 Å². The molecule has 2 aromatic rings. The lowest BCUT2D eigenvalue weighted by Gasteiger charge is -2.08. The summed E-state index contributed by atoms with van der Waals surface area (Å²) in [4.78, 5) is 23.6. The Morgan fingerprint density at radius 2 is 1.58 bits per heavy atom. The summed E-state index contributed by atoms with van der Waals surface area (Å²) >= 11 is 0. The highest BCUT2D eigenvalue weighted by molar-refractivity contribution is 7.86. The molecule has 2 rings (SSSR count). The van der Waals surface area contributed by atoms with Crippen molar-refractivity contribution in [3.8, 4) is 0 Å². The van der Waals surface area contributed by atoms with Gasteiger partial charge < -0.3 is 10.6 Å². The summed E-state index contributed by atoms with van der Waals surface area (Å²) in [5, 5.41) is 4.80. The first-order chi connectivity index (χ1) is 12.4. The molecule has 0 bridgehead atoms. The van der Waals surface area contributed by atoms with Crippen LogP contribution in [0.5, 0.6) is 0 Å². The molecule has 5 nitrogen and oxygen atoms in total. The van der Waals surface area contributed by atoms with Gasteiger partial charge in [-0.1, -0.05) is 19.1 Å². The predicted octanol–water partition coefficient (Wildman–Crippen LogP) is 2.85. The fourth-order valence-electron chi connectivity index (χ4n) is 2.14. The van der Waals surface area contributed by atoms with Crippen molar-refractivity contribution < 1.29 is 22.6 Å². The van der Waals surface area contributed by atoms with E-state index in [1.54, 1.807) is 12.1 Å². The van der Waals surface area contributed by atoms with Gasteiger partial charge in [-0.2, -0.15) is 0 Å². The molecular weight excluding hydrogens is 362 g/mol. The van der Waals surface area contributed by atoms with Gasteiger partial charge in [-0.25, -0.2) is 8.78 Å². The summed E-state index contributed by atoms with van der Waals surface area (Å²) < 4.78 is 38.2. The normalized spacial score (nSPS) is 11.7. The topological polar surface area (TPSA) is 75.3 Å². The summed E-state index contributed by atoms with van der Waals surface area (Å²) in [7, 11) is -1.77. The number of aryl methyl sites for hydroxylation is 1. The monoisotopic (exact) mass is 380 g/mol. The number of carbonyl (C=O) groups excluding carboxylic acids is 2. The van der Waals surface area contributed by atoms with Crippen LogP contribution >= 0.6 is 0 Å². The van der Waals surface area contributed by atoms with Crippen molar-refractivity contribution in [3.05, 3.63) is 59.7 Å². The largest absolute Gasteiger partial charge is 0.325 e. The van der Waals surface area contributed by atoms with Gasteiger partial charge in [0.15, 0.2) is 0 Å². The fourth-order valence-corrected chi connectivity index (χ4v) is 2.97. The standard InChI is InChI=1S/C18H18F2N2O3S/c1-2-12-3-6-14(7-4-12)21-17(23)10-26(25)11-18(24)22-16-8-5-13(19)9-15(16)20/h3-9H,2,10-11H2,1H3,(H,21,23)(H,22,24)/t26-/m0/s1. The Hall–Kier alpha value is -2.61. The molecule has 26 heavy (non-hydrogen) atoms. The highest BCUT2D eigenvalue weighted by Gasteiger charge is 2.14. The second-order valence-electron chi connectivity index (χ2n) is 5.50. The van der Waals surface area contributed by atoms with Crippen molar-refractivity contribution in [2.24, 2.45) is 0 Å². The number of nitrogens with one attached hydrogen (secondary N) is 2. The SMILES string of the molecule is CCc1ccc(NC(=O)C[S@](=O)CC(=O)Nc2ccc(F)cc2F)cc1. The molecule has 0 spiro atoms. The Morgan fingerprint density at radius 3 is 2.15 bits per heavy atom. The van der Waals surface area contributed by atoms with E-state index in [0.29, 0.717) is 11.8 Å². The summed E-state index contributed by atoms with van der Waals surface area (Å²) in [6.07, 6.45) is 0.877. The van der Waals surface area contributed by atoms with Crippen LogP contribution in [0.2, 0.25) is 0 Å². The van der Waals surface area contributed by atoms with Crippen molar-refractivity contribution in [2.75, 3.05) is 22.1 Å². The first-order valence-electron chi connectivity index (χ1n) is 7.86. The zero-order valence-electron chi connectivity index (χ0n) is 14.1. The fraction of sp³-hybridized carbons (Fsp3) is 0.222. The van der Waals surface area contributed by atoms with Crippen LogP contribution in [0, 0.1) is 11.6 Å². The molecule has 2 aromatic carbocycles. The molecule has 0 aliphatic heterocycles. The maximum atomic E-state index is 13.5. The average Bonchev–Trinajstić information content (AvgIpc) is 2.57. The van der Waals surface area contributed by atoms with Gasteiger partial charge in [0.1, 0.15) is 23.1 Å². The van der Waals surface area contributed by atoms with E-state index >= 15 is 0 Å². The van der Waals surface area contributed by atoms with Crippen LogP contribution in [0.4, 0.5) is 20.2 Å². The molecule has 0 saturated heterocycles. The van der Waals surface area contributed by atoms with E-state index in [1.165, 1.54) is 0 Å². The van der Waals surface area contributed by atoms with Gasteiger partial charge in [0.05, 0.1) is 5.69 Å². The number of hydrogen-bond acceptors (Lipinski definition) is 3. The summed E-state index contributed by atoms with van der Waals surface area (Å²) in [6.45, 7) is 2.01. The number of anilines is 2. The molecule has 0 saturated carbocycles. The van der Waals surface area contributed by atoms with Crippen LogP contribution in [-0.2, 0) is 26.8 Å². The maximum absolute atomic E-state index is 13.5. The second-order valence-corrected chi connectivity index (χ2v) is 6.96. The van der Waals surface area contributed by atoms with Gasteiger partial charge in [0, 0.05) is 22.6 Å². The maximum Gasteiger partial charge on any atom is 0.237 e. The Bertz CT molecular complexity index is 826. The van der Waals surface area contributed by atoms with Crippen LogP contribution < -0.4 is 10.6 Å². The molecule has 2 amide bonds. The quantitative estimate of drug-likeness (QED) is 0.776. The van der Waals surface area contributed by atoms with Crippen molar-refractivity contribution in [3.63, 3.8) is 0 Å². The number of benzene rings is 2. The molecule has 0 aromatic heterocycles. The molecule has 138 valence electrons. The minimum absolute atomic E-state index is 0.214. The number of rotatable bonds is 7. The zero-order valence-corrected chi connectivity index (χ0v) is 14.9. The van der Waals surface area contributed by atoms with Crippen molar-refractivity contribution in [1.82, 2.24) is 0 Å². The average molecular weight is 380 g/mol. The van der Waals surface area contributed by atoms with E-state index < -0.39 is 40.0 Å². The molecule has 2 N–H and O–H groups in total. The van der Waals surface area contributed by atoms with Crippen LogP contribution in [0.15, 0.2) is 42.5 Å². The number of hydrogen-bond donors (Lipinski definition) is 2. The Morgan fingerprint density at radius 1 is 0.962 bits per heavy atom. The lowest BCUT2D eigenvalue weighted by Crippen LogP contribution is -2.26. The summed E-state index contributed by atoms with van der Waals surface area (Å²) in [6, 6.07) is 9.91. The number of amides is 2. The number of carbonyl (C=O) groups is 2. The lowest BCUT2D eigenvalue weighted by atomic mass is 10.1. The van der Waals surface area contributed by atoms with E-state index in [4.69, 9.17) is 0 Å². The molecule has 0 aliphatic carbocycles. The summed E-state index contributed by atoms with van der Waals surface area (Å²) in [5.41, 5.74) is 1.48. The molecule has 0 unspecified atom stereocenters. The van der Waals surface area contributed by atoms with E-state index in [-0.39, 0.29) is 11.4 Å². The van der Waals surface area contributed by atoms with E-state index in [2.05, 4.69) is 10.6 Å². The second kappa shape index (κ2) is 9.19. The minimum atomic E-state index is -1.77. The first kappa shape index (κ1) is 19.7. The van der Waals surface area contributed by atoms with Crippen LogP contribution in [-0.4, -0.2) is 27.5 Å². The third-order valence-corrected chi connectivity index (χ3v) is 4.60. The van der Waals surface area contributed by atoms with Gasteiger partial charge in [-0.15, -0.1) is 0 Å². The van der Waals surface area contributed by atoms with E-state index in [1.807, 2.05) is 19.1 Å². The third-order valence-electron chi connectivity index (χ3n) is 3.44. The lowest BCUT2D eigenvalue weighted by molar-refractivity contribution is -0.114. The van der Waals surface area contributed by atoms with Crippen molar-refractivity contribution in [1.29, 1.82) is 0 Å². The van der Waals surface area contributed by atoms with Gasteiger partial charge in [0.2, 0.25) is 11.8 Å². The molecule has 0 heterocycles. The van der Waals surface area contributed by atoms with Crippen molar-refractivity contribution >= 4 is 34.0 Å². The van der Waals surface area contributed by atoms with Crippen molar-refractivity contribution in [2.45, 2.75) is 13.3 Å². The molecule has 8 heteroatoms. The molecule has 0 aliphatic rings. The highest BCUT2D eigenvalue weighted by Crippen LogP contribution is 2.15. The minimum Gasteiger partial charge on any atom is -0.325 e. The Labute approximate surface area is 152 Å². The molecular formula is C18H18F2N2O3S.